The van der Waals surface area contributed by atoms with Crippen LogP contribution in [0.1, 0.15) is 52.9 Å². The van der Waals surface area contributed by atoms with E-state index in [9.17, 15) is 4.79 Å². The van der Waals surface area contributed by atoms with Gasteiger partial charge in [-0.2, -0.15) is 0 Å². The molecule has 0 radical (unpaired) electrons. The molecule has 2 fully saturated rings. The molecule has 0 N–H and O–H groups in total. The average molecular weight is 239 g/mol. The van der Waals surface area contributed by atoms with Crippen molar-refractivity contribution >= 4 is 5.97 Å². The predicted molar refractivity (Wildman–Crippen MR) is 67.8 cm³/mol. The third-order valence-electron chi connectivity index (χ3n) is 4.99. The summed E-state index contributed by atoms with van der Waals surface area (Å²) >= 11 is 0. The van der Waals surface area contributed by atoms with Gasteiger partial charge < -0.3 is 4.74 Å². The summed E-state index contributed by atoms with van der Waals surface area (Å²) in [5.41, 5.74) is 0.158. The van der Waals surface area contributed by atoms with Crippen LogP contribution in [0.4, 0.5) is 0 Å². The largest absolute Gasteiger partial charge is 0.462 e. The van der Waals surface area contributed by atoms with Crippen LogP contribution in [0.5, 0.6) is 0 Å². The molecule has 4 unspecified atom stereocenters. The normalized spacial score (nSPS) is 42.9. The maximum Gasteiger partial charge on any atom is 0.302 e. The molecule has 0 aromatic carbocycles. The van der Waals surface area contributed by atoms with Crippen molar-refractivity contribution in [3.8, 4) is 0 Å². The summed E-state index contributed by atoms with van der Waals surface area (Å²) < 4.78 is 5.62. The smallest absolute Gasteiger partial charge is 0.302 e. The topological polar surface area (TPSA) is 29.5 Å². The zero-order valence-electron chi connectivity index (χ0n) is 11.5. The molecule has 2 aliphatic rings. The molecule has 3 heteroatoms. The van der Waals surface area contributed by atoms with E-state index in [0.717, 1.165) is 6.42 Å². The molecule has 4 atom stereocenters. The first-order valence-electron chi connectivity index (χ1n) is 6.84. The molecular weight excluding hydrogens is 214 g/mol. The Bertz CT molecular complexity index is 305. The number of hydrogen-bond donors (Lipinski definition) is 0. The molecule has 1 saturated heterocycles. The minimum absolute atomic E-state index is 0.108. The van der Waals surface area contributed by atoms with E-state index in [1.165, 1.54) is 32.6 Å². The lowest BCUT2D eigenvalue weighted by atomic mass is 9.63. The second kappa shape index (κ2) is 4.60. The molecule has 17 heavy (non-hydrogen) atoms. The Balaban J connectivity index is 2.23. The van der Waals surface area contributed by atoms with Gasteiger partial charge in [0.25, 0.3) is 0 Å². The van der Waals surface area contributed by atoms with Gasteiger partial charge in [0, 0.05) is 30.8 Å². The van der Waals surface area contributed by atoms with Crippen LogP contribution in [-0.4, -0.2) is 36.1 Å². The lowest BCUT2D eigenvalue weighted by molar-refractivity contribution is -0.171. The molecule has 1 aliphatic carbocycles. The molecule has 0 aromatic rings. The first-order valence-corrected chi connectivity index (χ1v) is 6.84. The van der Waals surface area contributed by atoms with Gasteiger partial charge in [-0.25, -0.2) is 0 Å². The van der Waals surface area contributed by atoms with Crippen molar-refractivity contribution in [3.63, 3.8) is 0 Å². The zero-order valence-corrected chi connectivity index (χ0v) is 11.5. The van der Waals surface area contributed by atoms with Gasteiger partial charge in [-0.3, -0.25) is 9.69 Å². The fourth-order valence-electron chi connectivity index (χ4n) is 3.82. The average Bonchev–Trinajstić information content (AvgIpc) is 2.25. The lowest BCUT2D eigenvalue weighted by Crippen LogP contribution is -2.61. The van der Waals surface area contributed by atoms with Crippen LogP contribution in [0.25, 0.3) is 0 Å². The van der Waals surface area contributed by atoms with Crippen LogP contribution in [0.2, 0.25) is 0 Å². The number of esters is 1. The second-order valence-electron chi connectivity index (χ2n) is 6.12. The van der Waals surface area contributed by atoms with Gasteiger partial charge >= 0.3 is 5.97 Å². The van der Waals surface area contributed by atoms with Crippen molar-refractivity contribution in [2.24, 2.45) is 5.41 Å². The van der Waals surface area contributed by atoms with E-state index in [1.807, 2.05) is 0 Å². The quantitative estimate of drug-likeness (QED) is 0.659. The van der Waals surface area contributed by atoms with E-state index in [4.69, 9.17) is 4.74 Å². The highest BCUT2D eigenvalue weighted by atomic mass is 16.5. The van der Waals surface area contributed by atoms with Crippen molar-refractivity contribution < 1.29 is 9.53 Å². The Kier molecular flexibility index (Phi) is 3.48. The Morgan fingerprint density at radius 2 is 2.12 bits per heavy atom. The zero-order chi connectivity index (χ0) is 12.6. The Hall–Kier alpha value is -0.570. The van der Waals surface area contributed by atoms with Gasteiger partial charge in [0.1, 0.15) is 6.10 Å². The van der Waals surface area contributed by atoms with Crippen LogP contribution in [0.3, 0.4) is 0 Å². The summed E-state index contributed by atoms with van der Waals surface area (Å²) in [7, 11) is 2.23. The highest BCUT2D eigenvalue weighted by molar-refractivity contribution is 5.66. The van der Waals surface area contributed by atoms with E-state index in [2.05, 4.69) is 25.8 Å². The van der Waals surface area contributed by atoms with Crippen molar-refractivity contribution in [2.45, 2.75) is 71.1 Å². The summed E-state index contributed by atoms with van der Waals surface area (Å²) in [6.45, 7) is 6.08. The van der Waals surface area contributed by atoms with Crippen LogP contribution in [0, 0.1) is 5.41 Å². The summed E-state index contributed by atoms with van der Waals surface area (Å²) in [4.78, 5) is 13.8. The molecule has 1 aliphatic heterocycles. The number of nitrogens with zero attached hydrogens (tertiary/aromatic N) is 1. The fraction of sp³-hybridized carbons (Fsp3) is 0.929. The number of likely N-dealkylation sites (tertiary alicyclic amines) is 1. The Morgan fingerprint density at radius 1 is 1.41 bits per heavy atom. The fourth-order valence-corrected chi connectivity index (χ4v) is 3.82. The maximum absolute atomic E-state index is 11.3. The van der Waals surface area contributed by atoms with Gasteiger partial charge in [0.2, 0.25) is 0 Å². The molecule has 3 nitrogen and oxygen atoms in total. The standard InChI is InChI=1S/C14H25NO2/c1-10-9-13(17-11(2)16)14(3)8-6-5-7-12(14)15(10)4/h10,12-13H,5-9H2,1-4H3. The second-order valence-corrected chi connectivity index (χ2v) is 6.12. The molecule has 98 valence electrons. The van der Waals surface area contributed by atoms with Crippen molar-refractivity contribution in [1.29, 1.82) is 0 Å². The van der Waals surface area contributed by atoms with Gasteiger partial charge in [-0.05, 0) is 26.8 Å². The summed E-state index contributed by atoms with van der Waals surface area (Å²) in [6.07, 6.45) is 6.10. The molecule has 0 bridgehead atoms. The van der Waals surface area contributed by atoms with Crippen LogP contribution in [0.15, 0.2) is 0 Å². The van der Waals surface area contributed by atoms with Gasteiger partial charge in [0.15, 0.2) is 0 Å². The highest BCUT2D eigenvalue weighted by Crippen LogP contribution is 2.48. The van der Waals surface area contributed by atoms with Crippen LogP contribution in [-0.2, 0) is 9.53 Å². The van der Waals surface area contributed by atoms with Crippen LogP contribution >= 0.6 is 0 Å². The molecule has 0 amide bonds. The number of rotatable bonds is 1. The van der Waals surface area contributed by atoms with Crippen molar-refractivity contribution in [1.82, 2.24) is 4.90 Å². The van der Waals surface area contributed by atoms with E-state index in [1.54, 1.807) is 0 Å². The monoisotopic (exact) mass is 239 g/mol. The Morgan fingerprint density at radius 3 is 2.76 bits per heavy atom. The number of ether oxygens (including phenoxy) is 1. The number of fused-ring (bicyclic) bond motifs is 1. The molecule has 0 aromatic heterocycles. The predicted octanol–water partition coefficient (Wildman–Crippen LogP) is 2.59. The molecule has 0 spiro atoms. The van der Waals surface area contributed by atoms with Gasteiger partial charge in [-0.15, -0.1) is 0 Å². The first kappa shape index (κ1) is 12.9. The number of carbonyl (C=O) groups excluding carboxylic acids is 1. The van der Waals surface area contributed by atoms with Crippen LogP contribution < -0.4 is 0 Å². The summed E-state index contributed by atoms with van der Waals surface area (Å²) in [5.74, 6) is -0.127. The minimum atomic E-state index is -0.127. The third kappa shape index (κ3) is 2.22. The first-order chi connectivity index (χ1) is 7.95. The van der Waals surface area contributed by atoms with E-state index in [-0.39, 0.29) is 17.5 Å². The SMILES string of the molecule is CC(=O)OC1CC(C)N(C)C2CCCCC12C. The molecule has 1 heterocycles. The number of carbonyl (C=O) groups is 1. The highest BCUT2D eigenvalue weighted by Gasteiger charge is 2.51. The Labute approximate surface area is 105 Å². The van der Waals surface area contributed by atoms with E-state index in [0.29, 0.717) is 12.1 Å². The van der Waals surface area contributed by atoms with Crippen molar-refractivity contribution in [3.05, 3.63) is 0 Å². The molecular formula is C14H25NO2. The number of hydrogen-bond acceptors (Lipinski definition) is 3. The minimum Gasteiger partial charge on any atom is -0.462 e. The summed E-state index contributed by atoms with van der Waals surface area (Å²) in [5, 5.41) is 0. The third-order valence-corrected chi connectivity index (χ3v) is 4.99. The van der Waals surface area contributed by atoms with Gasteiger partial charge in [0.05, 0.1) is 0 Å². The van der Waals surface area contributed by atoms with Crippen molar-refractivity contribution in [2.75, 3.05) is 7.05 Å². The maximum atomic E-state index is 11.3. The van der Waals surface area contributed by atoms with E-state index >= 15 is 0 Å². The van der Waals surface area contributed by atoms with Gasteiger partial charge in [-0.1, -0.05) is 19.8 Å². The van der Waals surface area contributed by atoms with E-state index < -0.39 is 0 Å². The summed E-state index contributed by atoms with van der Waals surface area (Å²) in [6, 6.07) is 1.08. The molecule has 2 rings (SSSR count). The molecule has 1 saturated carbocycles. The number of piperidine rings is 1. The lowest BCUT2D eigenvalue weighted by Gasteiger charge is -2.55.